The SMILES string of the molecule is NC1(c2noc(CCN3C(=O)C4CCCCC4C3=O)n2)CCC1. The standard InChI is InChI=1S/C16H22N4O3/c17-16(7-3-8-16)15-18-12(23-19-15)6-9-20-13(21)10-4-1-2-5-11(10)14(20)22/h10-11H,1-9,17H2. The van der Waals surface area contributed by atoms with Crippen molar-refractivity contribution in [2.75, 3.05) is 6.54 Å². The molecule has 2 unspecified atom stereocenters. The molecular weight excluding hydrogens is 296 g/mol. The maximum atomic E-state index is 12.4. The molecule has 3 aliphatic rings. The van der Waals surface area contributed by atoms with E-state index in [1.165, 1.54) is 4.90 Å². The van der Waals surface area contributed by atoms with Gasteiger partial charge >= 0.3 is 0 Å². The lowest BCUT2D eigenvalue weighted by atomic mass is 9.77. The van der Waals surface area contributed by atoms with Crippen LogP contribution in [0.15, 0.2) is 4.52 Å². The summed E-state index contributed by atoms with van der Waals surface area (Å²) in [6.45, 7) is 0.323. The van der Waals surface area contributed by atoms with Crippen molar-refractivity contribution in [3.63, 3.8) is 0 Å². The number of carbonyl (C=O) groups excluding carboxylic acids is 2. The maximum absolute atomic E-state index is 12.4. The molecule has 2 saturated carbocycles. The van der Waals surface area contributed by atoms with E-state index in [9.17, 15) is 9.59 Å². The lowest BCUT2D eigenvalue weighted by Crippen LogP contribution is -2.44. The minimum absolute atomic E-state index is 0.0197. The Hall–Kier alpha value is -1.76. The van der Waals surface area contributed by atoms with Crippen LogP contribution < -0.4 is 5.73 Å². The number of fused-ring (bicyclic) bond motifs is 1. The van der Waals surface area contributed by atoms with E-state index in [0.717, 1.165) is 44.9 Å². The molecule has 7 nitrogen and oxygen atoms in total. The Morgan fingerprint density at radius 3 is 2.35 bits per heavy atom. The molecule has 1 aromatic heterocycles. The Kier molecular flexibility index (Phi) is 3.48. The Balaban J connectivity index is 1.41. The third-order valence-electron chi connectivity index (χ3n) is 5.64. The molecule has 4 rings (SSSR count). The molecule has 2 amide bonds. The molecule has 23 heavy (non-hydrogen) atoms. The molecular formula is C16H22N4O3. The zero-order valence-electron chi connectivity index (χ0n) is 13.2. The van der Waals surface area contributed by atoms with E-state index in [1.807, 2.05) is 0 Å². The van der Waals surface area contributed by atoms with Crippen molar-refractivity contribution in [3.05, 3.63) is 11.7 Å². The van der Waals surface area contributed by atoms with Crippen molar-refractivity contribution >= 4 is 11.8 Å². The largest absolute Gasteiger partial charge is 0.339 e. The third-order valence-corrected chi connectivity index (χ3v) is 5.64. The lowest BCUT2D eigenvalue weighted by Gasteiger charge is -2.34. The maximum Gasteiger partial charge on any atom is 0.233 e. The zero-order chi connectivity index (χ0) is 16.0. The van der Waals surface area contributed by atoms with Crippen LogP contribution in [0.5, 0.6) is 0 Å². The normalized spacial score (nSPS) is 29.5. The Labute approximate surface area is 134 Å². The van der Waals surface area contributed by atoms with Crippen LogP contribution in [-0.2, 0) is 21.5 Å². The summed E-state index contributed by atoms with van der Waals surface area (Å²) in [5, 5.41) is 3.97. The highest BCUT2D eigenvalue weighted by atomic mass is 16.5. The highest BCUT2D eigenvalue weighted by molar-refractivity contribution is 6.05. The number of nitrogens with zero attached hydrogens (tertiary/aromatic N) is 3. The summed E-state index contributed by atoms with van der Waals surface area (Å²) in [6.07, 6.45) is 6.99. The number of rotatable bonds is 4. The molecule has 2 aliphatic carbocycles. The molecule has 1 aromatic rings. The number of carbonyl (C=O) groups is 2. The van der Waals surface area contributed by atoms with E-state index in [2.05, 4.69) is 10.1 Å². The quantitative estimate of drug-likeness (QED) is 0.835. The van der Waals surface area contributed by atoms with Gasteiger partial charge in [0.15, 0.2) is 5.82 Å². The Morgan fingerprint density at radius 1 is 1.13 bits per heavy atom. The van der Waals surface area contributed by atoms with Crippen LogP contribution in [0, 0.1) is 11.8 Å². The number of imide groups is 1. The van der Waals surface area contributed by atoms with Gasteiger partial charge in [-0.05, 0) is 32.1 Å². The van der Waals surface area contributed by atoms with E-state index in [0.29, 0.717) is 24.7 Å². The summed E-state index contributed by atoms with van der Waals surface area (Å²) in [4.78, 5) is 30.6. The second kappa shape index (κ2) is 5.40. The predicted molar refractivity (Wildman–Crippen MR) is 79.9 cm³/mol. The van der Waals surface area contributed by atoms with Gasteiger partial charge in [0, 0.05) is 13.0 Å². The smallest absolute Gasteiger partial charge is 0.233 e. The Morgan fingerprint density at radius 2 is 1.78 bits per heavy atom. The first-order chi connectivity index (χ1) is 11.1. The molecule has 0 aromatic carbocycles. The van der Waals surface area contributed by atoms with Crippen molar-refractivity contribution in [2.24, 2.45) is 17.6 Å². The van der Waals surface area contributed by atoms with Gasteiger partial charge in [-0.25, -0.2) is 0 Å². The van der Waals surface area contributed by atoms with Crippen LogP contribution >= 0.6 is 0 Å². The first-order valence-corrected chi connectivity index (χ1v) is 8.56. The van der Waals surface area contributed by atoms with Crippen molar-refractivity contribution in [2.45, 2.75) is 56.9 Å². The molecule has 1 aliphatic heterocycles. The average Bonchev–Trinajstić information content (AvgIpc) is 3.09. The van der Waals surface area contributed by atoms with Gasteiger partial charge in [0.25, 0.3) is 0 Å². The van der Waals surface area contributed by atoms with Crippen LogP contribution in [0.4, 0.5) is 0 Å². The summed E-state index contributed by atoms with van der Waals surface area (Å²) in [7, 11) is 0. The Bertz CT molecular complexity index is 613. The molecule has 7 heteroatoms. The number of aromatic nitrogens is 2. The fourth-order valence-electron chi connectivity index (χ4n) is 4.00. The molecule has 2 heterocycles. The van der Waals surface area contributed by atoms with Crippen LogP contribution in [0.25, 0.3) is 0 Å². The number of hydrogen-bond acceptors (Lipinski definition) is 6. The van der Waals surface area contributed by atoms with Gasteiger partial charge in [-0.3, -0.25) is 14.5 Å². The minimum Gasteiger partial charge on any atom is -0.339 e. The molecule has 2 N–H and O–H groups in total. The lowest BCUT2D eigenvalue weighted by molar-refractivity contribution is -0.139. The average molecular weight is 318 g/mol. The molecule has 0 radical (unpaired) electrons. The van der Waals surface area contributed by atoms with Gasteiger partial charge in [0.2, 0.25) is 17.7 Å². The van der Waals surface area contributed by atoms with Gasteiger partial charge in [-0.15, -0.1) is 0 Å². The summed E-state index contributed by atoms with van der Waals surface area (Å²) in [6, 6.07) is 0. The van der Waals surface area contributed by atoms with Gasteiger partial charge in [-0.2, -0.15) is 4.98 Å². The summed E-state index contributed by atoms with van der Waals surface area (Å²) < 4.78 is 5.25. The second-order valence-corrected chi connectivity index (χ2v) is 7.10. The first kappa shape index (κ1) is 14.8. The number of likely N-dealkylation sites (tertiary alicyclic amines) is 1. The van der Waals surface area contributed by atoms with E-state index in [4.69, 9.17) is 10.3 Å². The minimum atomic E-state index is -0.448. The van der Waals surface area contributed by atoms with Gasteiger partial charge < -0.3 is 10.3 Å². The van der Waals surface area contributed by atoms with Crippen LogP contribution in [0.2, 0.25) is 0 Å². The number of amides is 2. The summed E-state index contributed by atoms with van der Waals surface area (Å²) in [5.74, 6) is 0.759. The van der Waals surface area contributed by atoms with Crippen molar-refractivity contribution < 1.29 is 14.1 Å². The van der Waals surface area contributed by atoms with E-state index < -0.39 is 5.54 Å². The van der Waals surface area contributed by atoms with Crippen molar-refractivity contribution in [1.29, 1.82) is 0 Å². The third kappa shape index (κ3) is 2.38. The predicted octanol–water partition coefficient (Wildman–Crippen LogP) is 1.13. The highest BCUT2D eigenvalue weighted by Gasteiger charge is 2.48. The van der Waals surface area contributed by atoms with Crippen molar-refractivity contribution in [3.8, 4) is 0 Å². The van der Waals surface area contributed by atoms with E-state index in [-0.39, 0.29) is 23.7 Å². The fraction of sp³-hybridized carbons (Fsp3) is 0.750. The zero-order valence-corrected chi connectivity index (χ0v) is 13.2. The van der Waals surface area contributed by atoms with Crippen LogP contribution in [0.1, 0.15) is 56.7 Å². The summed E-state index contributed by atoms with van der Waals surface area (Å²) >= 11 is 0. The van der Waals surface area contributed by atoms with E-state index in [1.54, 1.807) is 0 Å². The summed E-state index contributed by atoms with van der Waals surface area (Å²) in [5.41, 5.74) is 5.73. The molecule has 0 spiro atoms. The van der Waals surface area contributed by atoms with Crippen LogP contribution in [-0.4, -0.2) is 33.4 Å². The first-order valence-electron chi connectivity index (χ1n) is 8.56. The second-order valence-electron chi connectivity index (χ2n) is 7.10. The van der Waals surface area contributed by atoms with E-state index >= 15 is 0 Å². The van der Waals surface area contributed by atoms with Crippen molar-refractivity contribution in [1.82, 2.24) is 15.0 Å². The van der Waals surface area contributed by atoms with Gasteiger partial charge in [0.05, 0.1) is 17.4 Å². The number of nitrogens with two attached hydrogens (primary N) is 1. The molecule has 124 valence electrons. The monoisotopic (exact) mass is 318 g/mol. The van der Waals surface area contributed by atoms with Crippen LogP contribution in [0.3, 0.4) is 0 Å². The van der Waals surface area contributed by atoms with Gasteiger partial charge in [0.1, 0.15) is 0 Å². The van der Waals surface area contributed by atoms with Gasteiger partial charge in [-0.1, -0.05) is 18.0 Å². The number of hydrogen-bond donors (Lipinski definition) is 1. The molecule has 1 saturated heterocycles. The highest BCUT2D eigenvalue weighted by Crippen LogP contribution is 2.38. The molecule has 0 bridgehead atoms. The fourth-order valence-corrected chi connectivity index (χ4v) is 4.00. The topological polar surface area (TPSA) is 102 Å². The molecule has 3 fully saturated rings. The molecule has 2 atom stereocenters.